The van der Waals surface area contributed by atoms with Crippen LogP contribution in [0.15, 0.2) is 6.07 Å². The van der Waals surface area contributed by atoms with Crippen molar-refractivity contribution in [2.24, 2.45) is 0 Å². The second-order valence-corrected chi connectivity index (χ2v) is 3.27. The Labute approximate surface area is 103 Å². The number of hydrogen-bond acceptors (Lipinski definition) is 3. The molecule has 0 radical (unpaired) electrons. The summed E-state index contributed by atoms with van der Waals surface area (Å²) in [6.45, 7) is 0. The van der Waals surface area contributed by atoms with Crippen LogP contribution in [0.2, 0.25) is 0 Å². The molecular formula is C9H5ClF5NO2. The van der Waals surface area contributed by atoms with Crippen LogP contribution in [0.5, 0.6) is 5.75 Å². The van der Waals surface area contributed by atoms with E-state index in [1.807, 2.05) is 0 Å². The van der Waals surface area contributed by atoms with Crippen molar-refractivity contribution in [3.8, 4) is 5.75 Å². The van der Waals surface area contributed by atoms with Crippen LogP contribution in [0.4, 0.5) is 22.0 Å². The molecule has 0 spiro atoms. The molecule has 0 amide bonds. The molecule has 0 aromatic carbocycles. The van der Waals surface area contributed by atoms with Crippen LogP contribution in [0, 0.1) is 0 Å². The first-order valence-electron chi connectivity index (χ1n) is 4.37. The van der Waals surface area contributed by atoms with E-state index < -0.39 is 41.4 Å². The third kappa shape index (κ3) is 3.52. The van der Waals surface area contributed by atoms with Gasteiger partial charge in [-0.05, 0) is 6.07 Å². The van der Waals surface area contributed by atoms with Gasteiger partial charge in [0.15, 0.2) is 12.0 Å². The summed E-state index contributed by atoms with van der Waals surface area (Å²) in [6, 6.07) is 0.534. The Morgan fingerprint density at radius 1 is 1.44 bits per heavy atom. The van der Waals surface area contributed by atoms with E-state index in [-0.39, 0.29) is 6.29 Å². The molecule has 0 unspecified atom stereocenters. The molecule has 0 aliphatic heterocycles. The predicted octanol–water partition coefficient (Wildman–Crippen LogP) is 3.47. The molecule has 0 aliphatic carbocycles. The number of carbonyl (C=O) groups excluding carboxylic acids is 1. The van der Waals surface area contributed by atoms with E-state index >= 15 is 0 Å². The lowest BCUT2D eigenvalue weighted by atomic mass is 10.2. The van der Waals surface area contributed by atoms with Gasteiger partial charge in [-0.1, -0.05) is 0 Å². The van der Waals surface area contributed by atoms with Crippen LogP contribution < -0.4 is 4.74 Å². The first-order valence-corrected chi connectivity index (χ1v) is 4.90. The summed E-state index contributed by atoms with van der Waals surface area (Å²) in [7, 11) is 0. The summed E-state index contributed by atoms with van der Waals surface area (Å²) in [4.78, 5) is 13.7. The summed E-state index contributed by atoms with van der Waals surface area (Å²) in [5.41, 5.74) is -2.14. The second-order valence-electron chi connectivity index (χ2n) is 3.01. The zero-order chi connectivity index (χ0) is 13.9. The smallest absolute Gasteiger partial charge is 0.404 e. The Bertz CT molecular complexity index is 449. The summed E-state index contributed by atoms with van der Waals surface area (Å²) in [5.74, 6) is -1.44. The van der Waals surface area contributed by atoms with Crippen LogP contribution in [0.1, 0.15) is 28.2 Å². The van der Waals surface area contributed by atoms with Gasteiger partial charge >= 0.3 is 6.36 Å². The third-order valence-corrected chi connectivity index (χ3v) is 2.06. The molecule has 18 heavy (non-hydrogen) atoms. The summed E-state index contributed by atoms with van der Waals surface area (Å²) >= 11 is 5.29. The first kappa shape index (κ1) is 14.6. The molecule has 1 heterocycles. The Balaban J connectivity index is 3.30. The summed E-state index contributed by atoms with van der Waals surface area (Å²) < 4.78 is 64.6. The predicted molar refractivity (Wildman–Crippen MR) is 50.8 cm³/mol. The van der Waals surface area contributed by atoms with E-state index in [1.54, 1.807) is 0 Å². The van der Waals surface area contributed by atoms with Gasteiger partial charge in [0.1, 0.15) is 5.69 Å². The second kappa shape index (κ2) is 5.47. The van der Waals surface area contributed by atoms with E-state index in [1.165, 1.54) is 0 Å². The molecule has 0 saturated heterocycles. The number of aromatic nitrogens is 1. The minimum Gasteiger partial charge on any atom is -0.404 e. The lowest BCUT2D eigenvalue weighted by Gasteiger charge is -2.13. The normalized spacial score (nSPS) is 11.7. The number of aldehydes is 1. The molecule has 3 nitrogen and oxygen atoms in total. The van der Waals surface area contributed by atoms with Crippen molar-refractivity contribution in [3.63, 3.8) is 0 Å². The van der Waals surface area contributed by atoms with Crippen molar-refractivity contribution < 1.29 is 31.5 Å². The van der Waals surface area contributed by atoms with E-state index in [4.69, 9.17) is 11.6 Å². The van der Waals surface area contributed by atoms with E-state index in [0.29, 0.717) is 6.07 Å². The van der Waals surface area contributed by atoms with Gasteiger partial charge in [-0.3, -0.25) is 4.79 Å². The van der Waals surface area contributed by atoms with Gasteiger partial charge in [-0.2, -0.15) is 0 Å². The summed E-state index contributed by atoms with van der Waals surface area (Å²) in [6.07, 6.45) is -8.17. The minimum absolute atomic E-state index is 0.0320. The zero-order valence-electron chi connectivity index (χ0n) is 8.47. The Kier molecular flexibility index (Phi) is 4.44. The molecule has 0 fully saturated rings. The topological polar surface area (TPSA) is 39.2 Å². The maximum atomic E-state index is 12.5. The monoisotopic (exact) mass is 289 g/mol. The van der Waals surface area contributed by atoms with Crippen molar-refractivity contribution in [1.82, 2.24) is 4.98 Å². The number of ether oxygens (including phenoxy) is 1. The molecular weight excluding hydrogens is 285 g/mol. The number of rotatable bonds is 4. The van der Waals surface area contributed by atoms with Crippen molar-refractivity contribution in [3.05, 3.63) is 23.0 Å². The fraction of sp³-hybridized carbons (Fsp3) is 0.333. The molecule has 1 rings (SSSR count). The average molecular weight is 290 g/mol. The fourth-order valence-corrected chi connectivity index (χ4v) is 1.33. The fourth-order valence-electron chi connectivity index (χ4n) is 1.14. The van der Waals surface area contributed by atoms with Crippen LogP contribution in [0.3, 0.4) is 0 Å². The number of carbonyl (C=O) groups is 1. The molecule has 0 bridgehead atoms. The standard InChI is InChI=1S/C9H5ClF5NO2/c10-2-5-6(18-9(13,14)15)1-4(3-17)7(16-5)8(11)12/h1,3,8H,2H2. The molecule has 1 aromatic rings. The van der Waals surface area contributed by atoms with Crippen molar-refractivity contribution in [1.29, 1.82) is 0 Å². The number of halogens is 6. The summed E-state index contributed by atoms with van der Waals surface area (Å²) in [5, 5.41) is 0. The third-order valence-electron chi connectivity index (χ3n) is 1.81. The maximum absolute atomic E-state index is 12.5. The first-order chi connectivity index (χ1) is 8.28. The molecule has 0 saturated carbocycles. The van der Waals surface area contributed by atoms with Gasteiger partial charge in [0.25, 0.3) is 6.43 Å². The highest BCUT2D eigenvalue weighted by Gasteiger charge is 2.33. The van der Waals surface area contributed by atoms with Crippen LogP contribution in [-0.2, 0) is 5.88 Å². The lowest BCUT2D eigenvalue weighted by molar-refractivity contribution is -0.275. The minimum atomic E-state index is -5.03. The number of alkyl halides is 6. The van der Waals surface area contributed by atoms with Crippen molar-refractivity contribution in [2.75, 3.05) is 0 Å². The van der Waals surface area contributed by atoms with E-state index in [2.05, 4.69) is 9.72 Å². The SMILES string of the molecule is O=Cc1cc(OC(F)(F)F)c(CCl)nc1C(F)F. The largest absolute Gasteiger partial charge is 0.573 e. The highest BCUT2D eigenvalue weighted by atomic mass is 35.5. The molecule has 100 valence electrons. The molecule has 1 aromatic heterocycles. The maximum Gasteiger partial charge on any atom is 0.573 e. The molecule has 0 aliphatic rings. The van der Waals surface area contributed by atoms with Gasteiger partial charge in [0.2, 0.25) is 0 Å². The van der Waals surface area contributed by atoms with Crippen LogP contribution in [0.25, 0.3) is 0 Å². The zero-order valence-corrected chi connectivity index (χ0v) is 9.23. The Hall–Kier alpha value is -1.44. The van der Waals surface area contributed by atoms with Crippen molar-refractivity contribution in [2.45, 2.75) is 18.7 Å². The van der Waals surface area contributed by atoms with Gasteiger partial charge in [-0.15, -0.1) is 24.8 Å². The van der Waals surface area contributed by atoms with Crippen LogP contribution in [-0.4, -0.2) is 17.6 Å². The quantitative estimate of drug-likeness (QED) is 0.484. The van der Waals surface area contributed by atoms with Crippen molar-refractivity contribution >= 4 is 17.9 Å². The highest BCUT2D eigenvalue weighted by molar-refractivity contribution is 6.17. The van der Waals surface area contributed by atoms with E-state index in [0.717, 1.165) is 0 Å². The van der Waals surface area contributed by atoms with Gasteiger partial charge in [-0.25, -0.2) is 13.8 Å². The van der Waals surface area contributed by atoms with Gasteiger partial charge < -0.3 is 4.74 Å². The highest BCUT2D eigenvalue weighted by Crippen LogP contribution is 2.30. The number of nitrogens with zero attached hydrogens (tertiary/aromatic N) is 1. The molecule has 0 atom stereocenters. The lowest BCUT2D eigenvalue weighted by Crippen LogP contribution is -2.19. The Morgan fingerprint density at radius 3 is 2.44 bits per heavy atom. The number of pyridine rings is 1. The molecule has 9 heteroatoms. The van der Waals surface area contributed by atoms with Gasteiger partial charge in [0.05, 0.1) is 11.6 Å². The van der Waals surface area contributed by atoms with E-state index in [9.17, 15) is 26.7 Å². The Morgan fingerprint density at radius 2 is 2.06 bits per heavy atom. The van der Waals surface area contributed by atoms with Crippen LogP contribution >= 0.6 is 11.6 Å². The van der Waals surface area contributed by atoms with Gasteiger partial charge in [0, 0.05) is 5.56 Å². The number of hydrogen-bond donors (Lipinski definition) is 0. The molecule has 0 N–H and O–H groups in total. The average Bonchev–Trinajstić information content (AvgIpc) is 2.25.